The van der Waals surface area contributed by atoms with Crippen molar-refractivity contribution in [1.29, 1.82) is 0 Å². The molecule has 2 aromatic rings. The monoisotopic (exact) mass is 259 g/mol. The number of carbonyl (C=O) groups excluding carboxylic acids is 1. The van der Waals surface area contributed by atoms with Crippen molar-refractivity contribution >= 4 is 24.5 Å². The number of hydrogen-bond acceptors (Lipinski definition) is 3. The quantitative estimate of drug-likeness (QED) is 0.832. The number of para-hydroxylation sites is 1. The van der Waals surface area contributed by atoms with E-state index in [1.165, 1.54) is 4.31 Å². The summed E-state index contributed by atoms with van der Waals surface area (Å²) in [5.41, 5.74) is 1.67. The van der Waals surface area contributed by atoms with Crippen molar-refractivity contribution in [2.24, 2.45) is 0 Å². The van der Waals surface area contributed by atoms with Crippen LogP contribution in [0.25, 0.3) is 0 Å². The second kappa shape index (κ2) is 6.07. The Morgan fingerprint density at radius 2 is 2.00 bits per heavy atom. The first-order valence-corrected chi connectivity index (χ1v) is 5.88. The van der Waals surface area contributed by atoms with Gasteiger partial charge in [0, 0.05) is 18.9 Å². The summed E-state index contributed by atoms with van der Waals surface area (Å²) in [5.74, 6) is 0. The highest BCUT2D eigenvalue weighted by Crippen LogP contribution is 2.15. The molecule has 0 unspecified atom stereocenters. The van der Waals surface area contributed by atoms with Crippen LogP contribution in [0.4, 0.5) is 10.5 Å². The van der Waals surface area contributed by atoms with Crippen molar-refractivity contribution in [2.75, 3.05) is 4.31 Å². The number of nitrogens with zero attached hydrogens (tertiary/aromatic N) is 2. The third-order valence-electron chi connectivity index (χ3n) is 2.36. The van der Waals surface area contributed by atoms with Crippen molar-refractivity contribution in [3.8, 4) is 0 Å². The van der Waals surface area contributed by atoms with Gasteiger partial charge in [-0.2, -0.15) is 0 Å². The molecule has 0 spiro atoms. The third kappa shape index (κ3) is 3.24. The highest BCUT2D eigenvalue weighted by atomic mass is 32.1. The predicted molar refractivity (Wildman–Crippen MR) is 74.4 cm³/mol. The van der Waals surface area contributed by atoms with E-state index in [2.05, 4.69) is 23.1 Å². The summed E-state index contributed by atoms with van der Waals surface area (Å²) in [7, 11) is 0. The van der Waals surface area contributed by atoms with E-state index in [0.29, 0.717) is 6.54 Å². The van der Waals surface area contributed by atoms with Gasteiger partial charge in [-0.05, 0) is 23.8 Å². The molecular weight excluding hydrogens is 246 g/mol. The zero-order valence-corrected chi connectivity index (χ0v) is 10.5. The molecule has 18 heavy (non-hydrogen) atoms. The Labute approximate surface area is 111 Å². The molecular formula is C13H13N3OS. The number of nitrogens with one attached hydrogen (secondary N) is 1. The van der Waals surface area contributed by atoms with Crippen LogP contribution in [0.15, 0.2) is 54.9 Å². The van der Waals surface area contributed by atoms with E-state index in [4.69, 9.17) is 0 Å². The maximum atomic E-state index is 11.8. The Morgan fingerprint density at radius 1 is 1.22 bits per heavy atom. The number of hydrogen-bond donors (Lipinski definition) is 2. The first-order chi connectivity index (χ1) is 8.77. The van der Waals surface area contributed by atoms with E-state index >= 15 is 0 Å². The summed E-state index contributed by atoms with van der Waals surface area (Å²) in [4.78, 5) is 15.8. The molecule has 0 saturated heterocycles. The molecule has 0 radical (unpaired) electrons. The maximum Gasteiger partial charge on any atom is 0.332 e. The van der Waals surface area contributed by atoms with Gasteiger partial charge in [-0.15, -0.1) is 0 Å². The fraction of sp³-hybridized carbons (Fsp3) is 0.0769. The average molecular weight is 259 g/mol. The molecule has 0 fully saturated rings. The van der Waals surface area contributed by atoms with Crippen LogP contribution in [0.3, 0.4) is 0 Å². The number of amides is 2. The minimum atomic E-state index is -0.270. The summed E-state index contributed by atoms with van der Waals surface area (Å²) in [5, 5.41) is 2.77. The molecule has 1 aromatic heterocycles. The molecule has 4 nitrogen and oxygen atoms in total. The number of carbonyl (C=O) groups is 1. The van der Waals surface area contributed by atoms with Gasteiger partial charge in [0.1, 0.15) is 0 Å². The molecule has 5 heteroatoms. The molecule has 1 heterocycles. The van der Waals surface area contributed by atoms with Gasteiger partial charge in [0.25, 0.3) is 0 Å². The summed E-state index contributed by atoms with van der Waals surface area (Å²) in [6, 6.07) is 12.7. The van der Waals surface area contributed by atoms with Gasteiger partial charge in [0.2, 0.25) is 0 Å². The number of pyridine rings is 1. The molecule has 0 aliphatic heterocycles. The van der Waals surface area contributed by atoms with Crippen LogP contribution in [0.1, 0.15) is 5.56 Å². The van der Waals surface area contributed by atoms with Crippen molar-refractivity contribution in [2.45, 2.75) is 6.54 Å². The van der Waals surface area contributed by atoms with E-state index in [0.717, 1.165) is 11.3 Å². The van der Waals surface area contributed by atoms with Gasteiger partial charge in [-0.3, -0.25) is 4.98 Å². The molecule has 1 aromatic carbocycles. The van der Waals surface area contributed by atoms with Crippen LogP contribution in [-0.4, -0.2) is 11.0 Å². The van der Waals surface area contributed by atoms with Gasteiger partial charge in [-0.25, -0.2) is 9.10 Å². The summed E-state index contributed by atoms with van der Waals surface area (Å²) in [6.45, 7) is 0.427. The van der Waals surface area contributed by atoms with E-state index in [9.17, 15) is 4.79 Å². The van der Waals surface area contributed by atoms with Crippen LogP contribution in [0.2, 0.25) is 0 Å². The topological polar surface area (TPSA) is 45.2 Å². The molecule has 2 amide bonds. The lowest BCUT2D eigenvalue weighted by Gasteiger charge is -2.16. The minimum Gasteiger partial charge on any atom is -0.333 e. The largest absolute Gasteiger partial charge is 0.333 e. The van der Waals surface area contributed by atoms with Crippen LogP contribution >= 0.6 is 12.8 Å². The SMILES string of the molecule is O=C(NCc1cccnc1)N(S)c1ccccc1. The molecule has 2 rings (SSSR count). The van der Waals surface area contributed by atoms with Crippen molar-refractivity contribution in [1.82, 2.24) is 10.3 Å². The Balaban J connectivity index is 1.93. The number of aromatic nitrogens is 1. The number of rotatable bonds is 3. The number of thiol groups is 1. The second-order valence-electron chi connectivity index (χ2n) is 3.67. The fourth-order valence-corrected chi connectivity index (χ4v) is 1.65. The Morgan fingerprint density at radius 3 is 2.67 bits per heavy atom. The van der Waals surface area contributed by atoms with Crippen LogP contribution in [-0.2, 0) is 6.54 Å². The average Bonchev–Trinajstić information content (AvgIpc) is 2.46. The maximum absolute atomic E-state index is 11.8. The Kier molecular flexibility index (Phi) is 4.20. The van der Waals surface area contributed by atoms with Crippen molar-refractivity contribution in [3.63, 3.8) is 0 Å². The van der Waals surface area contributed by atoms with Gasteiger partial charge in [0.15, 0.2) is 0 Å². The molecule has 0 atom stereocenters. The lowest BCUT2D eigenvalue weighted by Crippen LogP contribution is -2.33. The number of urea groups is 1. The van der Waals surface area contributed by atoms with Gasteiger partial charge >= 0.3 is 6.03 Å². The van der Waals surface area contributed by atoms with Gasteiger partial charge < -0.3 is 5.32 Å². The second-order valence-corrected chi connectivity index (χ2v) is 4.07. The molecule has 0 saturated carbocycles. The minimum absolute atomic E-state index is 0.270. The highest BCUT2D eigenvalue weighted by Gasteiger charge is 2.10. The predicted octanol–water partition coefficient (Wildman–Crippen LogP) is 2.64. The standard InChI is InChI=1S/C13H13N3OS/c17-13(15-10-11-5-4-8-14-9-11)16(18)12-6-2-1-3-7-12/h1-9,18H,10H2,(H,15,17). The zero-order valence-electron chi connectivity index (χ0n) is 9.65. The lowest BCUT2D eigenvalue weighted by molar-refractivity contribution is 0.249. The van der Waals surface area contributed by atoms with Gasteiger partial charge in [0.05, 0.1) is 5.69 Å². The Bertz CT molecular complexity index is 504. The molecule has 0 bridgehead atoms. The molecule has 0 aliphatic rings. The summed E-state index contributed by atoms with van der Waals surface area (Å²) in [6.07, 6.45) is 3.41. The van der Waals surface area contributed by atoms with Crippen molar-refractivity contribution in [3.05, 3.63) is 60.4 Å². The van der Waals surface area contributed by atoms with E-state index in [1.807, 2.05) is 42.5 Å². The number of benzene rings is 1. The Hall–Kier alpha value is -2.01. The van der Waals surface area contributed by atoms with Crippen LogP contribution < -0.4 is 9.62 Å². The molecule has 0 aliphatic carbocycles. The number of anilines is 1. The van der Waals surface area contributed by atoms with Gasteiger partial charge in [-0.1, -0.05) is 37.1 Å². The highest BCUT2D eigenvalue weighted by molar-refractivity contribution is 7.82. The van der Waals surface area contributed by atoms with Crippen molar-refractivity contribution < 1.29 is 4.79 Å². The summed E-state index contributed by atoms with van der Waals surface area (Å²) < 4.78 is 1.27. The fourth-order valence-electron chi connectivity index (χ4n) is 1.44. The van der Waals surface area contributed by atoms with E-state index in [-0.39, 0.29) is 6.03 Å². The smallest absolute Gasteiger partial charge is 0.332 e. The first-order valence-electron chi connectivity index (χ1n) is 5.48. The van der Waals surface area contributed by atoms with Crippen LogP contribution in [0, 0.1) is 0 Å². The normalized spacial score (nSPS) is 9.83. The van der Waals surface area contributed by atoms with Crippen LogP contribution in [0.5, 0.6) is 0 Å². The molecule has 1 N–H and O–H groups in total. The van der Waals surface area contributed by atoms with E-state index < -0.39 is 0 Å². The zero-order chi connectivity index (χ0) is 12.8. The first kappa shape index (κ1) is 12.4. The van der Waals surface area contributed by atoms with E-state index in [1.54, 1.807) is 12.4 Å². The summed E-state index contributed by atoms with van der Waals surface area (Å²) >= 11 is 4.17. The lowest BCUT2D eigenvalue weighted by atomic mass is 10.3. The molecule has 92 valence electrons. The third-order valence-corrected chi connectivity index (χ3v) is 2.77.